The summed E-state index contributed by atoms with van der Waals surface area (Å²) in [7, 11) is 0. The van der Waals surface area contributed by atoms with Crippen LogP contribution in [-0.4, -0.2) is 39.1 Å². The molecule has 2 heterocycles. The van der Waals surface area contributed by atoms with E-state index in [0.717, 1.165) is 17.7 Å². The van der Waals surface area contributed by atoms with Gasteiger partial charge in [-0.15, -0.1) is 5.10 Å². The fraction of sp³-hybridized carbons (Fsp3) is 0.400. The molecule has 11 heteroatoms. The highest BCUT2D eigenvalue weighted by atomic mass is 19.4. The van der Waals surface area contributed by atoms with Gasteiger partial charge < -0.3 is 15.2 Å². The zero-order chi connectivity index (χ0) is 19.1. The van der Waals surface area contributed by atoms with Gasteiger partial charge in [0.25, 0.3) is 5.91 Å². The fourth-order valence-electron chi connectivity index (χ4n) is 2.46. The van der Waals surface area contributed by atoms with E-state index in [1.165, 1.54) is 16.7 Å². The largest absolute Gasteiger partial charge is 0.480 e. The smallest absolute Gasteiger partial charge is 0.425 e. The first-order valence-electron chi connectivity index (χ1n) is 7.62. The molecular weight excluding hydrogens is 357 g/mol. The van der Waals surface area contributed by atoms with Crippen molar-refractivity contribution >= 4 is 5.91 Å². The minimum Gasteiger partial charge on any atom is -0.480 e. The van der Waals surface area contributed by atoms with E-state index < -0.39 is 23.9 Å². The van der Waals surface area contributed by atoms with Crippen LogP contribution in [0.15, 0.2) is 23.0 Å². The normalized spacial score (nSPS) is 15.4. The summed E-state index contributed by atoms with van der Waals surface area (Å²) < 4.78 is 50.9. The third-order valence-electron chi connectivity index (χ3n) is 3.87. The molecule has 3 rings (SSSR count). The quantitative estimate of drug-likeness (QED) is 0.863. The first kappa shape index (κ1) is 18.0. The Hall–Kier alpha value is -2.82. The Bertz CT molecular complexity index is 903. The number of rotatable bonds is 4. The number of benzene rings is 1. The van der Waals surface area contributed by atoms with Crippen LogP contribution >= 0.6 is 0 Å². The van der Waals surface area contributed by atoms with Gasteiger partial charge in [-0.1, -0.05) is 0 Å². The molecule has 1 atom stereocenters. The van der Waals surface area contributed by atoms with E-state index in [-0.39, 0.29) is 23.6 Å². The van der Waals surface area contributed by atoms with Crippen molar-refractivity contribution in [1.29, 1.82) is 0 Å². The third-order valence-corrected chi connectivity index (χ3v) is 3.87. The molecule has 0 radical (unpaired) electrons. The highest BCUT2D eigenvalue weighted by Gasteiger charge is 2.38. The Morgan fingerprint density at radius 1 is 1.42 bits per heavy atom. The number of aromatic nitrogens is 3. The minimum atomic E-state index is -4.63. The molecule has 0 unspecified atom stereocenters. The van der Waals surface area contributed by atoms with Crippen LogP contribution in [0.25, 0.3) is 5.69 Å². The molecule has 1 aromatic heterocycles. The average Bonchev–Trinajstić information content (AvgIpc) is 2.91. The Morgan fingerprint density at radius 3 is 2.77 bits per heavy atom. The number of fused-ring (bicyclic) bond motifs is 1. The average molecular weight is 372 g/mol. The number of amides is 1. The van der Waals surface area contributed by atoms with Gasteiger partial charge in [0.2, 0.25) is 0 Å². The van der Waals surface area contributed by atoms with E-state index in [2.05, 4.69) is 5.10 Å². The molecule has 0 fully saturated rings. The van der Waals surface area contributed by atoms with Crippen molar-refractivity contribution in [3.8, 4) is 11.4 Å². The molecule has 0 aliphatic carbocycles. The molecule has 2 N–H and O–H groups in total. The van der Waals surface area contributed by atoms with Gasteiger partial charge in [0, 0.05) is 6.07 Å². The lowest BCUT2D eigenvalue weighted by Gasteiger charge is -2.19. The van der Waals surface area contributed by atoms with Crippen molar-refractivity contribution in [3.05, 3.63) is 40.1 Å². The second kappa shape index (κ2) is 6.48. The topological polar surface area (TPSA) is 101 Å². The number of nitrogens with zero attached hydrogens (tertiary/aromatic N) is 3. The Kier molecular flexibility index (Phi) is 4.48. The van der Waals surface area contributed by atoms with Crippen molar-refractivity contribution in [2.75, 3.05) is 6.61 Å². The molecule has 1 aliphatic heterocycles. The zero-order valence-electron chi connectivity index (χ0n) is 13.6. The van der Waals surface area contributed by atoms with Gasteiger partial charge in [0.05, 0.1) is 24.4 Å². The van der Waals surface area contributed by atoms with Crippen LogP contribution in [0.4, 0.5) is 13.2 Å². The van der Waals surface area contributed by atoms with Gasteiger partial charge in [-0.2, -0.15) is 17.9 Å². The number of primary amides is 1. The van der Waals surface area contributed by atoms with Crippen molar-refractivity contribution in [2.45, 2.75) is 32.4 Å². The Labute approximate surface area is 144 Å². The van der Waals surface area contributed by atoms with E-state index in [4.69, 9.17) is 15.2 Å². The van der Waals surface area contributed by atoms with E-state index in [1.807, 2.05) is 0 Å². The lowest BCUT2D eigenvalue weighted by atomic mass is 10.1. The predicted octanol–water partition coefficient (Wildman–Crippen LogP) is 0.993. The number of nitrogens with two attached hydrogens (primary N) is 1. The first-order valence-corrected chi connectivity index (χ1v) is 7.62. The summed E-state index contributed by atoms with van der Waals surface area (Å²) in [6.07, 6.45) is -6.80. The van der Waals surface area contributed by atoms with Crippen LogP contribution in [-0.2, 0) is 17.9 Å². The molecule has 0 spiro atoms. The van der Waals surface area contributed by atoms with Crippen molar-refractivity contribution in [2.24, 2.45) is 5.73 Å². The summed E-state index contributed by atoms with van der Waals surface area (Å²) in [5, 5.41) is 4.11. The maximum Gasteiger partial charge on any atom is 0.425 e. The minimum absolute atomic E-state index is 0.145. The number of alkyl halides is 3. The number of carbonyl (C=O) groups is 1. The molecule has 1 amide bonds. The third kappa shape index (κ3) is 3.29. The van der Waals surface area contributed by atoms with Crippen LogP contribution in [0.2, 0.25) is 0 Å². The zero-order valence-corrected chi connectivity index (χ0v) is 13.6. The molecule has 8 nitrogen and oxygen atoms in total. The molecule has 26 heavy (non-hydrogen) atoms. The number of halogens is 3. The second-order valence-electron chi connectivity index (χ2n) is 5.66. The van der Waals surface area contributed by atoms with E-state index in [1.54, 1.807) is 0 Å². The van der Waals surface area contributed by atoms with Gasteiger partial charge >= 0.3 is 11.9 Å². The highest BCUT2D eigenvalue weighted by molar-refractivity contribution is 5.96. The lowest BCUT2D eigenvalue weighted by molar-refractivity contribution is -0.189. The van der Waals surface area contributed by atoms with E-state index in [0.29, 0.717) is 19.0 Å². The Morgan fingerprint density at radius 2 is 2.15 bits per heavy atom. The maximum absolute atomic E-state index is 12.8. The summed E-state index contributed by atoms with van der Waals surface area (Å²) in [4.78, 5) is 23.9. The summed E-state index contributed by atoms with van der Waals surface area (Å²) >= 11 is 0. The number of carbonyl (C=O) groups excluding carboxylic acids is 1. The van der Waals surface area contributed by atoms with Crippen molar-refractivity contribution < 1.29 is 27.4 Å². The number of ether oxygens (including phenoxy) is 2. The number of hydrogen-bond donors (Lipinski definition) is 1. The molecule has 0 bridgehead atoms. The van der Waals surface area contributed by atoms with Gasteiger partial charge in [-0.05, 0) is 19.1 Å². The fourth-order valence-corrected chi connectivity index (χ4v) is 2.46. The van der Waals surface area contributed by atoms with Gasteiger partial charge in [0.15, 0.2) is 11.9 Å². The van der Waals surface area contributed by atoms with Crippen LogP contribution in [0.5, 0.6) is 5.75 Å². The second-order valence-corrected chi connectivity index (χ2v) is 5.66. The summed E-state index contributed by atoms with van der Waals surface area (Å²) in [6, 6.07) is 3.67. The summed E-state index contributed by atoms with van der Waals surface area (Å²) in [5.41, 5.74) is 4.64. The predicted molar refractivity (Wildman–Crippen MR) is 82.1 cm³/mol. The summed E-state index contributed by atoms with van der Waals surface area (Å²) in [6.45, 7) is 1.63. The van der Waals surface area contributed by atoms with E-state index >= 15 is 0 Å². The standard InChI is InChI=1S/C15H15F3N4O4/c1-8(15(16,17)18)26-11-6-9(2-3-10(11)13(19)23)22-14(24)21-4-5-25-7-12(21)20-22/h2-3,6,8H,4-5,7H2,1H3,(H2,19,23)/t8-/m0/s1. The molecule has 1 aromatic carbocycles. The van der Waals surface area contributed by atoms with E-state index in [9.17, 15) is 22.8 Å². The van der Waals surface area contributed by atoms with Gasteiger partial charge in [0.1, 0.15) is 12.4 Å². The van der Waals surface area contributed by atoms with Crippen LogP contribution in [0.1, 0.15) is 23.1 Å². The SMILES string of the molecule is C[C@H](Oc1cc(-n2nc3n(c2=O)CCOC3)ccc1C(N)=O)C(F)(F)F. The van der Waals surface area contributed by atoms with Crippen molar-refractivity contribution in [3.63, 3.8) is 0 Å². The highest BCUT2D eigenvalue weighted by Crippen LogP contribution is 2.28. The molecular formula is C15H15F3N4O4. The molecule has 2 aromatic rings. The van der Waals surface area contributed by atoms with Crippen molar-refractivity contribution in [1.82, 2.24) is 14.3 Å². The lowest BCUT2D eigenvalue weighted by Crippen LogP contribution is -2.32. The molecule has 1 aliphatic rings. The molecule has 0 saturated heterocycles. The van der Waals surface area contributed by atoms with Gasteiger partial charge in [-0.3, -0.25) is 9.36 Å². The van der Waals surface area contributed by atoms with Gasteiger partial charge in [-0.25, -0.2) is 4.79 Å². The first-order chi connectivity index (χ1) is 12.2. The monoisotopic (exact) mass is 372 g/mol. The Balaban J connectivity index is 2.05. The molecule has 0 saturated carbocycles. The number of hydrogen-bond acceptors (Lipinski definition) is 5. The maximum atomic E-state index is 12.8. The van der Waals surface area contributed by atoms with Crippen LogP contribution in [0.3, 0.4) is 0 Å². The summed E-state index contributed by atoms with van der Waals surface area (Å²) in [5.74, 6) is -0.939. The van der Waals surface area contributed by atoms with Crippen LogP contribution < -0.4 is 16.2 Å². The van der Waals surface area contributed by atoms with Crippen LogP contribution in [0, 0.1) is 0 Å². The molecule has 140 valence electrons.